The van der Waals surface area contributed by atoms with Crippen molar-refractivity contribution in [3.63, 3.8) is 0 Å². The Labute approximate surface area is 154 Å². The Morgan fingerprint density at radius 3 is 2.92 bits per heavy atom. The predicted molar refractivity (Wildman–Crippen MR) is 105 cm³/mol. The van der Waals surface area contributed by atoms with Crippen LogP contribution in [0.1, 0.15) is 18.4 Å². The van der Waals surface area contributed by atoms with Gasteiger partial charge in [0.15, 0.2) is 0 Å². The Balaban J connectivity index is 1.32. The average molecular weight is 345 g/mol. The fraction of sp³-hybridized carbons (Fsp3) is 0.286. The number of aromatic nitrogens is 3. The summed E-state index contributed by atoms with van der Waals surface area (Å²) in [5.74, 6) is 0.672. The molecule has 0 spiro atoms. The molecule has 4 rings (SSSR count). The van der Waals surface area contributed by atoms with Crippen molar-refractivity contribution < 1.29 is 0 Å². The third-order valence-corrected chi connectivity index (χ3v) is 4.71. The van der Waals surface area contributed by atoms with Crippen molar-refractivity contribution in [3.05, 3.63) is 66.6 Å². The van der Waals surface area contributed by atoms with Gasteiger partial charge in [-0.2, -0.15) is 0 Å². The quantitative estimate of drug-likeness (QED) is 0.689. The smallest absolute Gasteiger partial charge is 0.223 e. The normalized spacial score (nSPS) is 13.3. The van der Waals surface area contributed by atoms with E-state index >= 15 is 0 Å². The molecule has 5 nitrogen and oxygen atoms in total. The molecule has 1 aromatic carbocycles. The molecule has 0 fully saturated rings. The second kappa shape index (κ2) is 7.95. The predicted octanol–water partition coefficient (Wildman–Crippen LogP) is 3.79. The first-order valence-corrected chi connectivity index (χ1v) is 9.20. The largest absolute Gasteiger partial charge is 0.371 e. The lowest BCUT2D eigenvalue weighted by atomic mass is 10.0. The van der Waals surface area contributed by atoms with Crippen LogP contribution in [0.2, 0.25) is 0 Å². The lowest BCUT2D eigenvalue weighted by Gasteiger charge is -2.31. The van der Waals surface area contributed by atoms with Crippen molar-refractivity contribution in [1.82, 2.24) is 15.0 Å². The minimum atomic E-state index is 0.672. The maximum absolute atomic E-state index is 4.59. The third-order valence-electron chi connectivity index (χ3n) is 4.71. The molecule has 0 aliphatic carbocycles. The van der Waals surface area contributed by atoms with Gasteiger partial charge in [0, 0.05) is 49.5 Å². The van der Waals surface area contributed by atoms with E-state index in [1.165, 1.54) is 24.1 Å². The molecular weight excluding hydrogens is 322 g/mol. The molecule has 0 saturated heterocycles. The molecule has 132 valence electrons. The Kier molecular flexibility index (Phi) is 5.05. The SMILES string of the molecule is c1cncc(-c2ccnc(NCCCN3CCCc4ccccc43)n2)c1. The van der Waals surface area contributed by atoms with Crippen LogP contribution in [0.15, 0.2) is 61.1 Å². The van der Waals surface area contributed by atoms with Gasteiger partial charge in [-0.25, -0.2) is 9.97 Å². The Hall–Kier alpha value is -2.95. The second-order valence-electron chi connectivity index (χ2n) is 6.51. The Morgan fingerprint density at radius 1 is 1.04 bits per heavy atom. The molecule has 26 heavy (non-hydrogen) atoms. The van der Waals surface area contributed by atoms with Crippen molar-refractivity contribution in [2.24, 2.45) is 0 Å². The maximum Gasteiger partial charge on any atom is 0.223 e. The zero-order valence-electron chi connectivity index (χ0n) is 14.8. The number of hydrogen-bond donors (Lipinski definition) is 1. The average Bonchev–Trinajstić information content (AvgIpc) is 2.72. The number of benzene rings is 1. The fourth-order valence-corrected chi connectivity index (χ4v) is 3.43. The van der Waals surface area contributed by atoms with Gasteiger partial charge in [0.2, 0.25) is 5.95 Å². The number of rotatable bonds is 6. The van der Waals surface area contributed by atoms with E-state index < -0.39 is 0 Å². The standard InChI is InChI=1S/C21H23N5/c1-2-9-20-17(6-1)8-4-14-26(20)15-5-12-23-21-24-13-10-19(25-21)18-7-3-11-22-16-18/h1-3,6-7,9-11,13,16H,4-5,8,12,14-15H2,(H,23,24,25). The summed E-state index contributed by atoms with van der Waals surface area (Å²) in [6.45, 7) is 3.05. The first-order valence-electron chi connectivity index (χ1n) is 9.20. The topological polar surface area (TPSA) is 53.9 Å². The third kappa shape index (κ3) is 3.82. The number of hydrogen-bond acceptors (Lipinski definition) is 5. The van der Waals surface area contributed by atoms with Gasteiger partial charge in [-0.1, -0.05) is 18.2 Å². The van der Waals surface area contributed by atoms with Crippen molar-refractivity contribution in [1.29, 1.82) is 0 Å². The molecular formula is C21H23N5. The zero-order valence-corrected chi connectivity index (χ0v) is 14.8. The fourth-order valence-electron chi connectivity index (χ4n) is 3.43. The number of fused-ring (bicyclic) bond motifs is 1. The van der Waals surface area contributed by atoms with Crippen LogP contribution >= 0.6 is 0 Å². The van der Waals surface area contributed by atoms with Crippen LogP contribution in [0.3, 0.4) is 0 Å². The van der Waals surface area contributed by atoms with E-state index in [4.69, 9.17) is 0 Å². The van der Waals surface area contributed by atoms with Crippen LogP contribution in [0, 0.1) is 0 Å². The van der Waals surface area contributed by atoms with Crippen molar-refractivity contribution in [2.75, 3.05) is 29.9 Å². The molecule has 0 unspecified atom stereocenters. The van der Waals surface area contributed by atoms with Gasteiger partial charge >= 0.3 is 0 Å². The molecule has 0 radical (unpaired) electrons. The minimum Gasteiger partial charge on any atom is -0.371 e. The maximum atomic E-state index is 4.59. The van der Waals surface area contributed by atoms with E-state index in [9.17, 15) is 0 Å². The van der Waals surface area contributed by atoms with Crippen LogP contribution in [0.25, 0.3) is 11.3 Å². The van der Waals surface area contributed by atoms with Gasteiger partial charge in [-0.05, 0) is 49.1 Å². The lowest BCUT2D eigenvalue weighted by molar-refractivity contribution is 0.673. The van der Waals surface area contributed by atoms with E-state index in [0.29, 0.717) is 5.95 Å². The number of nitrogens with zero attached hydrogens (tertiary/aromatic N) is 4. The molecule has 0 bridgehead atoms. The summed E-state index contributed by atoms with van der Waals surface area (Å²) < 4.78 is 0. The molecule has 2 aromatic heterocycles. The molecule has 5 heteroatoms. The first kappa shape index (κ1) is 16.5. The minimum absolute atomic E-state index is 0.672. The van der Waals surface area contributed by atoms with Gasteiger partial charge in [0.1, 0.15) is 0 Å². The summed E-state index contributed by atoms with van der Waals surface area (Å²) in [5.41, 5.74) is 4.76. The summed E-state index contributed by atoms with van der Waals surface area (Å²) in [4.78, 5) is 15.6. The second-order valence-corrected chi connectivity index (χ2v) is 6.51. The van der Waals surface area contributed by atoms with Crippen LogP contribution in [0.5, 0.6) is 0 Å². The summed E-state index contributed by atoms with van der Waals surface area (Å²) in [5, 5.41) is 3.35. The highest BCUT2D eigenvalue weighted by atomic mass is 15.1. The molecule has 0 atom stereocenters. The molecule has 0 saturated carbocycles. The molecule has 1 aliphatic rings. The van der Waals surface area contributed by atoms with Crippen LogP contribution in [-0.4, -0.2) is 34.6 Å². The highest BCUT2D eigenvalue weighted by Gasteiger charge is 2.15. The Morgan fingerprint density at radius 2 is 2.00 bits per heavy atom. The summed E-state index contributed by atoms with van der Waals surface area (Å²) in [7, 11) is 0. The summed E-state index contributed by atoms with van der Waals surface area (Å²) in [6.07, 6.45) is 8.86. The first-order chi connectivity index (χ1) is 12.9. The van der Waals surface area contributed by atoms with Gasteiger partial charge in [-0.3, -0.25) is 4.98 Å². The number of pyridine rings is 1. The van der Waals surface area contributed by atoms with E-state index in [2.05, 4.69) is 49.4 Å². The number of nitrogens with one attached hydrogen (secondary N) is 1. The van der Waals surface area contributed by atoms with E-state index in [0.717, 1.165) is 37.3 Å². The number of anilines is 2. The van der Waals surface area contributed by atoms with Crippen molar-refractivity contribution in [2.45, 2.75) is 19.3 Å². The highest BCUT2D eigenvalue weighted by molar-refractivity contribution is 5.58. The van der Waals surface area contributed by atoms with Gasteiger partial charge in [0.05, 0.1) is 5.69 Å². The van der Waals surface area contributed by atoms with Gasteiger partial charge < -0.3 is 10.2 Å². The molecule has 3 aromatic rings. The van der Waals surface area contributed by atoms with E-state index in [1.807, 2.05) is 24.4 Å². The highest BCUT2D eigenvalue weighted by Crippen LogP contribution is 2.26. The lowest BCUT2D eigenvalue weighted by Crippen LogP contribution is -2.31. The molecule has 3 heterocycles. The number of aryl methyl sites for hydroxylation is 1. The molecule has 1 aliphatic heterocycles. The Bertz CT molecular complexity index is 850. The van der Waals surface area contributed by atoms with Gasteiger partial charge in [-0.15, -0.1) is 0 Å². The summed E-state index contributed by atoms with van der Waals surface area (Å²) >= 11 is 0. The molecule has 1 N–H and O–H groups in total. The van der Waals surface area contributed by atoms with Crippen LogP contribution in [0.4, 0.5) is 11.6 Å². The van der Waals surface area contributed by atoms with E-state index in [-0.39, 0.29) is 0 Å². The monoisotopic (exact) mass is 345 g/mol. The number of para-hydroxylation sites is 1. The zero-order chi connectivity index (χ0) is 17.6. The summed E-state index contributed by atoms with van der Waals surface area (Å²) in [6, 6.07) is 14.6. The van der Waals surface area contributed by atoms with Gasteiger partial charge in [0.25, 0.3) is 0 Å². The van der Waals surface area contributed by atoms with Crippen LogP contribution in [-0.2, 0) is 6.42 Å². The van der Waals surface area contributed by atoms with Crippen molar-refractivity contribution >= 4 is 11.6 Å². The van der Waals surface area contributed by atoms with Crippen molar-refractivity contribution in [3.8, 4) is 11.3 Å². The van der Waals surface area contributed by atoms with Crippen LogP contribution < -0.4 is 10.2 Å². The van der Waals surface area contributed by atoms with E-state index in [1.54, 1.807) is 12.4 Å². The molecule has 0 amide bonds.